The highest BCUT2D eigenvalue weighted by Gasteiger charge is 2.10. The lowest BCUT2D eigenvalue weighted by atomic mass is 10.1. The molecule has 0 spiro atoms. The van der Waals surface area contributed by atoms with Gasteiger partial charge in [-0.05, 0) is 44.0 Å². The van der Waals surface area contributed by atoms with Gasteiger partial charge in [0.15, 0.2) is 0 Å². The molecule has 18 heavy (non-hydrogen) atoms. The van der Waals surface area contributed by atoms with Gasteiger partial charge in [0.2, 0.25) is 0 Å². The van der Waals surface area contributed by atoms with Crippen LogP contribution in [0.15, 0.2) is 44.7 Å². The fourth-order valence-corrected chi connectivity index (χ4v) is 2.99. The summed E-state index contributed by atoms with van der Waals surface area (Å²) in [7, 11) is 0. The second kappa shape index (κ2) is 5.83. The topological polar surface area (TPSA) is 39.2 Å². The minimum Gasteiger partial charge on any atom is -0.468 e. The van der Waals surface area contributed by atoms with E-state index in [4.69, 9.17) is 21.8 Å². The molecule has 96 valence electrons. The fourth-order valence-electron chi connectivity index (χ4n) is 1.74. The number of furan rings is 1. The maximum absolute atomic E-state index is 6.07. The molecule has 0 aliphatic rings. The Bertz CT molecular complexity index is 536. The molecular weight excluding hydrogens is 266 g/mol. The van der Waals surface area contributed by atoms with Gasteiger partial charge in [-0.3, -0.25) is 0 Å². The van der Waals surface area contributed by atoms with Gasteiger partial charge in [-0.1, -0.05) is 29.4 Å². The van der Waals surface area contributed by atoms with E-state index in [0.717, 1.165) is 27.0 Å². The van der Waals surface area contributed by atoms with E-state index in [1.165, 1.54) is 5.56 Å². The Labute approximate surface area is 117 Å². The van der Waals surface area contributed by atoms with Crippen molar-refractivity contribution in [3.63, 3.8) is 0 Å². The van der Waals surface area contributed by atoms with Crippen LogP contribution in [0.3, 0.4) is 0 Å². The standard InChI is InChI=1S/C14H16ClNOS/c1-9(16)7-11-3-4-12(15)8-14(11)18-13-5-6-17-10(13)2/h3-6,8-9H,7,16H2,1-2H3. The van der Waals surface area contributed by atoms with E-state index in [1.54, 1.807) is 18.0 Å². The highest BCUT2D eigenvalue weighted by molar-refractivity contribution is 7.99. The van der Waals surface area contributed by atoms with Crippen molar-refractivity contribution in [1.29, 1.82) is 0 Å². The summed E-state index contributed by atoms with van der Waals surface area (Å²) in [5, 5.41) is 0.743. The first kappa shape index (κ1) is 13.5. The molecule has 2 nitrogen and oxygen atoms in total. The lowest BCUT2D eigenvalue weighted by molar-refractivity contribution is 0.527. The molecule has 0 aliphatic heterocycles. The largest absolute Gasteiger partial charge is 0.468 e. The zero-order chi connectivity index (χ0) is 13.1. The lowest BCUT2D eigenvalue weighted by Crippen LogP contribution is -2.18. The van der Waals surface area contributed by atoms with Crippen molar-refractivity contribution in [2.24, 2.45) is 5.73 Å². The van der Waals surface area contributed by atoms with Crippen LogP contribution in [0.25, 0.3) is 0 Å². The average Bonchev–Trinajstić information content (AvgIpc) is 2.68. The van der Waals surface area contributed by atoms with Crippen LogP contribution in [0, 0.1) is 6.92 Å². The molecule has 2 N–H and O–H groups in total. The maximum Gasteiger partial charge on any atom is 0.114 e. The Hall–Kier alpha value is -0.900. The summed E-state index contributed by atoms with van der Waals surface area (Å²) >= 11 is 7.74. The Morgan fingerprint density at radius 2 is 2.11 bits per heavy atom. The molecule has 1 atom stereocenters. The highest BCUT2D eigenvalue weighted by Crippen LogP contribution is 2.35. The van der Waals surface area contributed by atoms with E-state index in [2.05, 4.69) is 0 Å². The number of hydrogen-bond donors (Lipinski definition) is 1. The third kappa shape index (κ3) is 3.31. The smallest absolute Gasteiger partial charge is 0.114 e. The molecule has 2 aromatic rings. The van der Waals surface area contributed by atoms with Gasteiger partial charge in [0.25, 0.3) is 0 Å². The maximum atomic E-state index is 6.07. The van der Waals surface area contributed by atoms with Crippen LogP contribution in [-0.4, -0.2) is 6.04 Å². The molecule has 0 aliphatic carbocycles. The SMILES string of the molecule is Cc1occc1Sc1cc(Cl)ccc1CC(C)N. The quantitative estimate of drug-likeness (QED) is 0.909. The van der Waals surface area contributed by atoms with Crippen molar-refractivity contribution < 1.29 is 4.42 Å². The minimum atomic E-state index is 0.135. The molecule has 1 unspecified atom stereocenters. The normalized spacial score (nSPS) is 12.7. The van der Waals surface area contributed by atoms with Gasteiger partial charge in [0.05, 0.1) is 11.2 Å². The molecule has 1 aromatic carbocycles. The van der Waals surface area contributed by atoms with Crippen LogP contribution in [0.5, 0.6) is 0 Å². The first-order valence-electron chi connectivity index (χ1n) is 5.82. The molecule has 0 bridgehead atoms. The third-order valence-corrected chi connectivity index (χ3v) is 4.08. The van der Waals surface area contributed by atoms with E-state index < -0.39 is 0 Å². The predicted molar refractivity (Wildman–Crippen MR) is 76.4 cm³/mol. The van der Waals surface area contributed by atoms with E-state index in [1.807, 2.05) is 38.1 Å². The van der Waals surface area contributed by atoms with Crippen molar-refractivity contribution in [1.82, 2.24) is 0 Å². The van der Waals surface area contributed by atoms with Gasteiger partial charge < -0.3 is 10.2 Å². The number of halogens is 1. The number of nitrogens with two attached hydrogens (primary N) is 1. The van der Waals surface area contributed by atoms with Crippen molar-refractivity contribution >= 4 is 23.4 Å². The molecule has 1 heterocycles. The molecule has 0 radical (unpaired) electrons. The first-order valence-corrected chi connectivity index (χ1v) is 7.01. The zero-order valence-electron chi connectivity index (χ0n) is 10.4. The Kier molecular flexibility index (Phi) is 4.38. The monoisotopic (exact) mass is 281 g/mol. The van der Waals surface area contributed by atoms with Crippen LogP contribution in [0.4, 0.5) is 0 Å². The molecule has 0 saturated carbocycles. The summed E-state index contributed by atoms with van der Waals surface area (Å²) < 4.78 is 5.31. The predicted octanol–water partition coefficient (Wildman–Crippen LogP) is 4.28. The van der Waals surface area contributed by atoms with Crippen molar-refractivity contribution in [2.75, 3.05) is 0 Å². The summed E-state index contributed by atoms with van der Waals surface area (Å²) in [5.74, 6) is 0.923. The first-order chi connectivity index (χ1) is 8.56. The van der Waals surface area contributed by atoms with Gasteiger partial charge in [-0.25, -0.2) is 0 Å². The summed E-state index contributed by atoms with van der Waals surface area (Å²) in [4.78, 5) is 2.26. The van der Waals surface area contributed by atoms with Crippen LogP contribution < -0.4 is 5.73 Å². The van der Waals surface area contributed by atoms with E-state index >= 15 is 0 Å². The Balaban J connectivity index is 2.30. The van der Waals surface area contributed by atoms with E-state index in [9.17, 15) is 0 Å². The van der Waals surface area contributed by atoms with Gasteiger partial charge in [-0.2, -0.15) is 0 Å². The molecular formula is C14H16ClNOS. The number of benzene rings is 1. The summed E-state index contributed by atoms with van der Waals surface area (Å²) in [6.07, 6.45) is 2.55. The van der Waals surface area contributed by atoms with Gasteiger partial charge >= 0.3 is 0 Å². The summed E-state index contributed by atoms with van der Waals surface area (Å²) in [6, 6.07) is 8.04. The van der Waals surface area contributed by atoms with Crippen LogP contribution in [-0.2, 0) is 6.42 Å². The zero-order valence-corrected chi connectivity index (χ0v) is 12.0. The van der Waals surface area contributed by atoms with Crippen molar-refractivity contribution in [3.05, 3.63) is 46.9 Å². The molecule has 2 rings (SSSR count). The van der Waals surface area contributed by atoms with Crippen molar-refractivity contribution in [3.8, 4) is 0 Å². The second-order valence-corrected chi connectivity index (χ2v) is 5.90. The van der Waals surface area contributed by atoms with E-state index in [-0.39, 0.29) is 6.04 Å². The summed E-state index contributed by atoms with van der Waals surface area (Å²) in [6.45, 7) is 3.96. The molecule has 0 amide bonds. The van der Waals surface area contributed by atoms with Gasteiger partial charge in [0, 0.05) is 16.0 Å². The van der Waals surface area contributed by atoms with Crippen LogP contribution >= 0.6 is 23.4 Å². The molecule has 4 heteroatoms. The lowest BCUT2D eigenvalue weighted by Gasteiger charge is -2.11. The molecule has 1 aromatic heterocycles. The van der Waals surface area contributed by atoms with E-state index in [0.29, 0.717) is 0 Å². The second-order valence-electron chi connectivity index (χ2n) is 4.38. The van der Waals surface area contributed by atoms with Crippen LogP contribution in [0.1, 0.15) is 18.2 Å². The Morgan fingerprint density at radius 1 is 1.33 bits per heavy atom. The highest BCUT2D eigenvalue weighted by atomic mass is 35.5. The third-order valence-electron chi connectivity index (χ3n) is 2.60. The van der Waals surface area contributed by atoms with Crippen LogP contribution in [0.2, 0.25) is 5.02 Å². The summed E-state index contributed by atoms with van der Waals surface area (Å²) in [5.41, 5.74) is 7.10. The number of rotatable bonds is 4. The molecule has 0 fully saturated rings. The van der Waals surface area contributed by atoms with Crippen molar-refractivity contribution in [2.45, 2.75) is 36.1 Å². The number of aryl methyl sites for hydroxylation is 1. The molecule has 0 saturated heterocycles. The van der Waals surface area contributed by atoms with Gasteiger partial charge in [0.1, 0.15) is 5.76 Å². The number of hydrogen-bond acceptors (Lipinski definition) is 3. The van der Waals surface area contributed by atoms with Gasteiger partial charge in [-0.15, -0.1) is 0 Å². The minimum absolute atomic E-state index is 0.135. The fraction of sp³-hybridized carbons (Fsp3) is 0.286. The Morgan fingerprint density at radius 3 is 2.72 bits per heavy atom. The average molecular weight is 282 g/mol.